The highest BCUT2D eigenvalue weighted by atomic mass is 16.2. The molecule has 9 heteroatoms. The molecule has 1 aromatic carbocycles. The Morgan fingerprint density at radius 3 is 2.62 bits per heavy atom. The molecule has 3 aromatic rings. The van der Waals surface area contributed by atoms with Crippen LogP contribution in [0.4, 0.5) is 0 Å². The van der Waals surface area contributed by atoms with E-state index in [9.17, 15) is 14.4 Å². The van der Waals surface area contributed by atoms with Crippen molar-refractivity contribution in [2.75, 3.05) is 0 Å². The number of benzene rings is 1. The number of nitrogens with one attached hydrogen (secondary N) is 1. The number of aromatic nitrogens is 4. The van der Waals surface area contributed by atoms with E-state index in [1.165, 1.54) is 15.0 Å². The molecule has 0 aliphatic carbocycles. The first-order chi connectivity index (χ1) is 13.8. The van der Waals surface area contributed by atoms with Crippen molar-refractivity contribution >= 4 is 22.6 Å². The molecule has 0 radical (unpaired) electrons. The average molecular weight is 396 g/mol. The molecule has 152 valence electrons. The zero-order valence-corrected chi connectivity index (χ0v) is 17.0. The normalized spacial score (nSPS) is 12.4. The Morgan fingerprint density at radius 1 is 1.28 bits per heavy atom. The van der Waals surface area contributed by atoms with Gasteiger partial charge in [0.2, 0.25) is 5.78 Å². The fourth-order valence-electron chi connectivity index (χ4n) is 3.17. The van der Waals surface area contributed by atoms with E-state index in [4.69, 9.17) is 5.26 Å². The SMILES string of the molecule is CCC(C)NC(=O)c1ccc2c(=O)n(CC(C)C)c3nn(CC#N)c(=O)n3c2c1. The highest BCUT2D eigenvalue weighted by molar-refractivity contribution is 5.98. The quantitative estimate of drug-likeness (QED) is 0.678. The predicted octanol–water partition coefficient (Wildman–Crippen LogP) is 1.52. The second kappa shape index (κ2) is 7.91. The number of hydrogen-bond acceptors (Lipinski definition) is 5. The monoisotopic (exact) mass is 396 g/mol. The lowest BCUT2D eigenvalue weighted by atomic mass is 10.1. The Labute approximate surface area is 167 Å². The Hall–Kier alpha value is -3.41. The van der Waals surface area contributed by atoms with Gasteiger partial charge in [0, 0.05) is 18.2 Å². The summed E-state index contributed by atoms with van der Waals surface area (Å²) in [5, 5.41) is 16.4. The van der Waals surface area contributed by atoms with Crippen LogP contribution >= 0.6 is 0 Å². The van der Waals surface area contributed by atoms with Gasteiger partial charge in [0.1, 0.15) is 6.54 Å². The molecule has 1 atom stereocenters. The van der Waals surface area contributed by atoms with E-state index >= 15 is 0 Å². The maximum atomic E-state index is 13.1. The lowest BCUT2D eigenvalue weighted by Crippen LogP contribution is -2.32. The van der Waals surface area contributed by atoms with Gasteiger partial charge in [0.25, 0.3) is 11.5 Å². The van der Waals surface area contributed by atoms with Crippen molar-refractivity contribution in [2.24, 2.45) is 5.92 Å². The number of nitrogens with zero attached hydrogens (tertiary/aromatic N) is 5. The van der Waals surface area contributed by atoms with Gasteiger partial charge in [-0.05, 0) is 37.5 Å². The van der Waals surface area contributed by atoms with Crippen LogP contribution in [0, 0.1) is 17.2 Å². The highest BCUT2D eigenvalue weighted by Crippen LogP contribution is 2.15. The van der Waals surface area contributed by atoms with Crippen LogP contribution in [0.25, 0.3) is 16.7 Å². The van der Waals surface area contributed by atoms with Gasteiger partial charge in [-0.15, -0.1) is 5.10 Å². The van der Waals surface area contributed by atoms with Gasteiger partial charge in [0.15, 0.2) is 0 Å². The van der Waals surface area contributed by atoms with E-state index in [1.807, 2.05) is 33.8 Å². The summed E-state index contributed by atoms with van der Waals surface area (Å²) in [7, 11) is 0. The largest absolute Gasteiger partial charge is 0.353 e. The number of amides is 1. The minimum absolute atomic E-state index is 0.00152. The minimum atomic E-state index is -0.524. The first kappa shape index (κ1) is 20.3. The Balaban J connectivity index is 2.34. The molecule has 0 bridgehead atoms. The van der Waals surface area contributed by atoms with E-state index in [1.54, 1.807) is 12.1 Å². The molecular weight excluding hydrogens is 372 g/mol. The second-order valence-corrected chi connectivity index (χ2v) is 7.56. The van der Waals surface area contributed by atoms with Gasteiger partial charge >= 0.3 is 5.69 Å². The summed E-state index contributed by atoms with van der Waals surface area (Å²) in [4.78, 5) is 38.5. The minimum Gasteiger partial charge on any atom is -0.350 e. The second-order valence-electron chi connectivity index (χ2n) is 7.56. The summed E-state index contributed by atoms with van der Waals surface area (Å²) in [5.74, 6) is 0.0277. The summed E-state index contributed by atoms with van der Waals surface area (Å²) in [6.07, 6.45) is 0.782. The summed E-state index contributed by atoms with van der Waals surface area (Å²) in [6.45, 7) is 7.93. The third-order valence-corrected chi connectivity index (χ3v) is 4.80. The molecule has 0 fully saturated rings. The van der Waals surface area contributed by atoms with Crippen LogP contribution in [0.15, 0.2) is 27.8 Å². The van der Waals surface area contributed by atoms with Gasteiger partial charge in [-0.1, -0.05) is 20.8 Å². The summed E-state index contributed by atoms with van der Waals surface area (Å²) in [6, 6.07) is 6.57. The maximum absolute atomic E-state index is 13.1. The van der Waals surface area contributed by atoms with Gasteiger partial charge < -0.3 is 5.32 Å². The molecule has 2 heterocycles. The van der Waals surface area contributed by atoms with Crippen molar-refractivity contribution in [3.63, 3.8) is 0 Å². The molecular formula is C20H24N6O3. The van der Waals surface area contributed by atoms with Crippen LogP contribution in [-0.4, -0.2) is 30.7 Å². The third-order valence-electron chi connectivity index (χ3n) is 4.80. The smallest absolute Gasteiger partial charge is 0.350 e. The Bertz CT molecular complexity index is 1240. The van der Waals surface area contributed by atoms with Gasteiger partial charge in [0.05, 0.1) is 17.0 Å². The number of nitriles is 1. The molecule has 0 aliphatic heterocycles. The molecule has 1 N–H and O–H groups in total. The van der Waals surface area contributed by atoms with Crippen molar-refractivity contribution in [2.45, 2.75) is 53.2 Å². The zero-order chi connectivity index (χ0) is 21.3. The lowest BCUT2D eigenvalue weighted by Gasteiger charge is -2.14. The molecule has 1 amide bonds. The predicted molar refractivity (Wildman–Crippen MR) is 109 cm³/mol. The van der Waals surface area contributed by atoms with Crippen LogP contribution in [0.2, 0.25) is 0 Å². The first-order valence-electron chi connectivity index (χ1n) is 9.62. The summed E-state index contributed by atoms with van der Waals surface area (Å²) < 4.78 is 3.77. The Kier molecular flexibility index (Phi) is 5.55. The number of carbonyl (C=O) groups is 1. The first-order valence-corrected chi connectivity index (χ1v) is 9.62. The molecule has 1 unspecified atom stereocenters. The number of fused-ring (bicyclic) bond motifs is 3. The summed E-state index contributed by atoms with van der Waals surface area (Å²) >= 11 is 0. The molecule has 0 saturated heterocycles. The van der Waals surface area contributed by atoms with Crippen LogP contribution in [0.1, 0.15) is 44.5 Å². The van der Waals surface area contributed by atoms with Crippen LogP contribution in [-0.2, 0) is 13.1 Å². The van der Waals surface area contributed by atoms with E-state index in [-0.39, 0.29) is 35.7 Å². The zero-order valence-electron chi connectivity index (χ0n) is 17.0. The molecule has 0 spiro atoms. The van der Waals surface area contributed by atoms with Crippen molar-refractivity contribution in [3.05, 3.63) is 44.6 Å². The molecule has 2 aromatic heterocycles. The van der Waals surface area contributed by atoms with E-state index in [0.29, 0.717) is 23.0 Å². The van der Waals surface area contributed by atoms with E-state index in [0.717, 1.165) is 11.1 Å². The van der Waals surface area contributed by atoms with Gasteiger partial charge in [-0.2, -0.15) is 9.94 Å². The summed E-state index contributed by atoms with van der Waals surface area (Å²) in [5.41, 5.74) is -0.163. The van der Waals surface area contributed by atoms with Crippen LogP contribution in [0.3, 0.4) is 0 Å². The van der Waals surface area contributed by atoms with Crippen LogP contribution < -0.4 is 16.6 Å². The molecule has 0 aliphatic rings. The maximum Gasteiger partial charge on any atom is 0.353 e. The van der Waals surface area contributed by atoms with Crippen molar-refractivity contribution < 1.29 is 4.79 Å². The number of rotatable bonds is 6. The van der Waals surface area contributed by atoms with Crippen molar-refractivity contribution in [1.29, 1.82) is 5.26 Å². The van der Waals surface area contributed by atoms with Crippen LogP contribution in [0.5, 0.6) is 0 Å². The number of hydrogen-bond donors (Lipinski definition) is 1. The van der Waals surface area contributed by atoms with Crippen molar-refractivity contribution in [3.8, 4) is 6.07 Å². The molecule has 29 heavy (non-hydrogen) atoms. The number of carbonyl (C=O) groups excluding carboxylic acids is 1. The third kappa shape index (κ3) is 3.66. The fourth-order valence-corrected chi connectivity index (χ4v) is 3.17. The van der Waals surface area contributed by atoms with Crippen molar-refractivity contribution in [1.82, 2.24) is 24.1 Å². The highest BCUT2D eigenvalue weighted by Gasteiger charge is 2.19. The Morgan fingerprint density at radius 2 is 2.00 bits per heavy atom. The fraction of sp³-hybridized carbons (Fsp3) is 0.450. The van der Waals surface area contributed by atoms with E-state index in [2.05, 4.69) is 10.4 Å². The molecule has 3 rings (SSSR count). The topological polar surface area (TPSA) is 114 Å². The van der Waals surface area contributed by atoms with Gasteiger partial charge in [-0.25, -0.2) is 9.20 Å². The lowest BCUT2D eigenvalue weighted by molar-refractivity contribution is 0.0939. The molecule has 0 saturated carbocycles. The average Bonchev–Trinajstić information content (AvgIpc) is 3.01. The van der Waals surface area contributed by atoms with Gasteiger partial charge in [-0.3, -0.25) is 14.2 Å². The molecule has 9 nitrogen and oxygen atoms in total. The van der Waals surface area contributed by atoms with E-state index < -0.39 is 5.69 Å². The standard InChI is InChI=1S/C20H24N6O3/c1-5-13(4)22-17(27)14-6-7-15-16(10-14)26-19(23-25(9-8-21)20(26)29)24(18(15)28)11-12(2)3/h6-7,10,12-13H,5,9,11H2,1-4H3,(H,22,27).